The van der Waals surface area contributed by atoms with Crippen LogP contribution in [0.2, 0.25) is 0 Å². The van der Waals surface area contributed by atoms with Gasteiger partial charge in [0.05, 0.1) is 0 Å². The Balaban J connectivity index is -0.000000141. The zero-order valence-corrected chi connectivity index (χ0v) is 17.7. The molecule has 152 valence electrons. The van der Waals surface area contributed by atoms with E-state index in [4.69, 9.17) is 10.8 Å². The van der Waals surface area contributed by atoms with Crippen LogP contribution in [0.3, 0.4) is 0 Å². The van der Waals surface area contributed by atoms with Gasteiger partial charge < -0.3 is 20.8 Å². The number of unbranched alkanes of at least 4 members (excludes halogenated alkanes) is 5. The number of aliphatic hydroxyl groups excluding tert-OH is 1. The second-order valence-electron chi connectivity index (χ2n) is 4.95. The van der Waals surface area contributed by atoms with E-state index in [1.807, 2.05) is 31.2 Å². The maximum atomic E-state index is 10.5. The van der Waals surface area contributed by atoms with E-state index in [2.05, 4.69) is 38.1 Å². The highest BCUT2D eigenvalue weighted by molar-refractivity contribution is 7.82. The number of aliphatic hydroxyl groups is 1. The first-order valence-electron chi connectivity index (χ1n) is 8.65. The third kappa shape index (κ3) is 38.0. The summed E-state index contributed by atoms with van der Waals surface area (Å²) in [6, 6.07) is 7.79. The van der Waals surface area contributed by atoms with Crippen LogP contribution in [-0.2, 0) is 14.6 Å². The zero-order valence-electron chi connectivity index (χ0n) is 16.9. The van der Waals surface area contributed by atoms with Gasteiger partial charge in [0.15, 0.2) is 0 Å². The van der Waals surface area contributed by atoms with Gasteiger partial charge in [-0.3, -0.25) is 10.4 Å². The van der Waals surface area contributed by atoms with Crippen LogP contribution in [-0.4, -0.2) is 23.8 Å². The van der Waals surface area contributed by atoms with Gasteiger partial charge in [-0.15, -0.1) is 18.9 Å². The number of nitrogen functional groups attached to an aromatic ring is 1. The molecule has 0 aliphatic carbocycles. The van der Waals surface area contributed by atoms with Gasteiger partial charge in [0, 0.05) is 5.69 Å². The summed E-state index contributed by atoms with van der Waals surface area (Å²) in [5, 5.41) is 7.10. The molecule has 4 nitrogen and oxygen atoms in total. The van der Waals surface area contributed by atoms with Crippen molar-refractivity contribution in [2.45, 2.75) is 52.4 Å². The smallest absolute Gasteiger partial charge is 0.103 e. The number of nitrogens with two attached hydrogens (primary N) is 2. The van der Waals surface area contributed by atoms with Crippen LogP contribution in [0.15, 0.2) is 37.4 Å². The fraction of sp³-hybridized carbons (Fsp3) is 0.476. The van der Waals surface area contributed by atoms with Crippen molar-refractivity contribution in [3.05, 3.63) is 43.0 Å². The molecule has 0 radical (unpaired) electrons. The molecule has 0 atom stereocenters. The van der Waals surface area contributed by atoms with Crippen LogP contribution >= 0.6 is 0 Å². The monoisotopic (exact) mass is 383 g/mol. The van der Waals surface area contributed by atoms with E-state index in [-0.39, 0.29) is 0 Å². The number of anilines is 1. The third-order valence-corrected chi connectivity index (χ3v) is 3.55. The predicted octanol–water partition coefficient (Wildman–Crippen LogP) is 4.65. The predicted molar refractivity (Wildman–Crippen MR) is 121 cm³/mol. The van der Waals surface area contributed by atoms with Gasteiger partial charge in [0.25, 0.3) is 0 Å². The van der Waals surface area contributed by atoms with E-state index in [1.165, 1.54) is 50.8 Å². The van der Waals surface area contributed by atoms with Crippen LogP contribution < -0.4 is 11.5 Å². The van der Waals surface area contributed by atoms with Crippen molar-refractivity contribution in [1.82, 2.24) is 0 Å². The summed E-state index contributed by atoms with van der Waals surface area (Å²) < 4.78 is 10.5. The number of benzene rings is 1. The molecular formula is C21H39N2O2S-. The molecule has 1 rings (SSSR count). The highest BCUT2D eigenvalue weighted by Crippen LogP contribution is 2.04. The molecule has 0 fully saturated rings. The van der Waals surface area contributed by atoms with E-state index in [9.17, 15) is 4.21 Å². The Labute approximate surface area is 163 Å². The lowest BCUT2D eigenvalue weighted by molar-refractivity contribution is 0.518. The topological polar surface area (TPSA) is 89.3 Å². The van der Waals surface area contributed by atoms with E-state index >= 15 is 0 Å². The maximum Gasteiger partial charge on any atom is 0.103 e. The molecule has 0 aliphatic rings. The molecule has 1 aromatic carbocycles. The van der Waals surface area contributed by atoms with Crippen molar-refractivity contribution < 1.29 is 9.32 Å². The van der Waals surface area contributed by atoms with Gasteiger partial charge >= 0.3 is 0 Å². The number of terminal acetylenes is 1. The van der Waals surface area contributed by atoms with Crippen LogP contribution in [0.1, 0.15) is 51.0 Å². The molecule has 5 N–H and O–H groups in total. The molecule has 0 bridgehead atoms. The lowest BCUT2D eigenvalue weighted by atomic mass is 10.1. The minimum Gasteiger partial charge on any atom is -0.462 e. The van der Waals surface area contributed by atoms with Crippen molar-refractivity contribution >= 4 is 21.9 Å². The highest BCUT2D eigenvalue weighted by atomic mass is 32.2. The van der Waals surface area contributed by atoms with Gasteiger partial charge in [0.1, 0.15) is 6.11 Å². The summed E-state index contributed by atoms with van der Waals surface area (Å²) in [6.45, 7) is 10.3. The molecule has 26 heavy (non-hydrogen) atoms. The van der Waals surface area contributed by atoms with Crippen LogP contribution in [0.5, 0.6) is 0 Å². The zero-order chi connectivity index (χ0) is 21.2. The van der Waals surface area contributed by atoms with Gasteiger partial charge in [0.2, 0.25) is 0 Å². The van der Waals surface area contributed by atoms with Crippen LogP contribution in [0.4, 0.5) is 5.69 Å². The number of rotatable bonds is 7. The van der Waals surface area contributed by atoms with Gasteiger partial charge in [-0.25, -0.2) is 0 Å². The Hall–Kier alpha value is -1.90. The van der Waals surface area contributed by atoms with E-state index in [0.29, 0.717) is 0 Å². The quantitative estimate of drug-likeness (QED) is 0.160. The molecular weight excluding hydrogens is 344 g/mol. The minimum absolute atomic E-state index is 0.784. The molecule has 0 saturated heterocycles. The number of aryl methyl sites for hydroxylation is 1. The van der Waals surface area contributed by atoms with Gasteiger partial charge in [-0.2, -0.15) is 5.87 Å². The Morgan fingerprint density at radius 1 is 1.08 bits per heavy atom. The van der Waals surface area contributed by atoms with E-state index in [0.717, 1.165) is 17.9 Å². The van der Waals surface area contributed by atoms with Crippen LogP contribution in [0, 0.1) is 19.5 Å². The van der Waals surface area contributed by atoms with Crippen molar-refractivity contribution in [3.63, 3.8) is 0 Å². The second-order valence-corrected chi connectivity index (χ2v) is 6.24. The Bertz CT molecular complexity index is 449. The fourth-order valence-electron chi connectivity index (χ4n) is 1.61. The lowest BCUT2D eigenvalue weighted by Gasteiger charge is -2.01. The Kier molecular flexibility index (Phi) is 37.9. The summed E-state index contributed by atoms with van der Waals surface area (Å²) in [6.07, 6.45) is 13.0. The molecule has 0 saturated carbocycles. The van der Waals surface area contributed by atoms with Crippen molar-refractivity contribution in [2.75, 3.05) is 18.5 Å². The van der Waals surface area contributed by atoms with Crippen molar-refractivity contribution in [3.8, 4) is 12.5 Å². The molecule has 1 aromatic rings. The van der Waals surface area contributed by atoms with Crippen molar-refractivity contribution in [2.24, 2.45) is 5.73 Å². The summed E-state index contributed by atoms with van der Waals surface area (Å²) in [5.41, 5.74) is 12.0. The van der Waals surface area contributed by atoms with Crippen molar-refractivity contribution in [1.29, 1.82) is 0 Å². The standard InChI is InChI=1S/C9H19OS.C7H9N.C2H2O.C2H4.CH5N/c1-3-4-5-6-7-8-9-11(2)10;1-6-2-4-7(8)5-3-6;1-2-3;2*1-2/h2-9H2,1H3;2-5H,8H2,1H3;1,3H;1-2H2;2H2,1H3/q-1;;;;. The second kappa shape index (κ2) is 30.9. The molecule has 0 unspecified atom stereocenters. The van der Waals surface area contributed by atoms with Gasteiger partial charge in [-0.1, -0.05) is 69.6 Å². The van der Waals surface area contributed by atoms with Gasteiger partial charge in [-0.05, 0) is 26.1 Å². The molecule has 0 heterocycles. The maximum absolute atomic E-state index is 10.5. The first kappa shape index (κ1) is 31.8. The summed E-state index contributed by atoms with van der Waals surface area (Å²) in [7, 11) is 0.677. The third-order valence-electron chi connectivity index (χ3n) is 2.80. The first-order chi connectivity index (χ1) is 12.5. The number of hydrogen-bond acceptors (Lipinski definition) is 5. The fourth-order valence-corrected chi connectivity index (χ4v) is 2.14. The molecule has 0 spiro atoms. The summed E-state index contributed by atoms with van der Waals surface area (Å²) in [5.74, 6) is 4.23. The highest BCUT2D eigenvalue weighted by Gasteiger charge is 1.85. The minimum atomic E-state index is -0.823. The molecule has 0 aliphatic heterocycles. The number of hydrogen-bond donors (Lipinski definition) is 3. The molecule has 5 heteroatoms. The Morgan fingerprint density at radius 2 is 1.46 bits per heavy atom. The summed E-state index contributed by atoms with van der Waals surface area (Å²) >= 11 is 0. The lowest BCUT2D eigenvalue weighted by Crippen LogP contribution is -1.86. The van der Waals surface area contributed by atoms with E-state index in [1.54, 1.807) is 0 Å². The average molecular weight is 384 g/mol. The summed E-state index contributed by atoms with van der Waals surface area (Å²) in [4.78, 5) is 0. The van der Waals surface area contributed by atoms with E-state index < -0.39 is 10.4 Å². The molecule has 0 amide bonds. The average Bonchev–Trinajstić information content (AvgIpc) is 2.65. The SMILES string of the molecule is C#CO.C=C.C=[S-](=O)CCCCCCCC.CN.Cc1ccc(N)cc1. The Morgan fingerprint density at radius 3 is 1.81 bits per heavy atom. The largest absolute Gasteiger partial charge is 0.462 e. The molecule has 0 aromatic heterocycles. The first-order valence-corrected chi connectivity index (χ1v) is 10.1. The normalized spacial score (nSPS) is 8.00. The van der Waals surface area contributed by atoms with Crippen LogP contribution in [0.25, 0.3) is 0 Å².